The molecule has 0 saturated carbocycles. The van der Waals surface area contributed by atoms with Gasteiger partial charge in [0, 0.05) is 11.3 Å². The fourth-order valence-electron chi connectivity index (χ4n) is 4.19. The highest BCUT2D eigenvalue weighted by Gasteiger charge is 2.36. The zero-order chi connectivity index (χ0) is 25.4. The van der Waals surface area contributed by atoms with E-state index in [-0.39, 0.29) is 23.5 Å². The van der Waals surface area contributed by atoms with E-state index in [1.807, 2.05) is 31.2 Å². The minimum Gasteiger partial charge on any atom is -0.494 e. The lowest BCUT2D eigenvalue weighted by Crippen LogP contribution is -2.46. The number of carbonyl (C=O) groups is 1. The molecular formula is C27H22F2N4O3. The summed E-state index contributed by atoms with van der Waals surface area (Å²) in [7, 11) is 1.38. The van der Waals surface area contributed by atoms with Gasteiger partial charge in [-0.15, -0.1) is 0 Å². The fraction of sp³-hybridized carbons (Fsp3) is 0.148. The van der Waals surface area contributed by atoms with E-state index in [2.05, 4.69) is 15.5 Å². The molecule has 0 radical (unpaired) electrons. The number of aryl methyl sites for hydroxylation is 1. The molecule has 0 fully saturated rings. The predicted octanol–water partition coefficient (Wildman–Crippen LogP) is 6.03. The van der Waals surface area contributed by atoms with Crippen LogP contribution in [0.25, 0.3) is 17.0 Å². The maximum atomic E-state index is 14.3. The molecule has 1 N–H and O–H groups in total. The molecule has 2 amide bonds. The Balaban J connectivity index is 1.63. The zero-order valence-corrected chi connectivity index (χ0v) is 19.8. The van der Waals surface area contributed by atoms with E-state index in [1.165, 1.54) is 48.4 Å². The third-order valence-corrected chi connectivity index (χ3v) is 6.05. The second-order valence-electron chi connectivity index (χ2n) is 8.38. The molecule has 7 nitrogen and oxygen atoms in total. The van der Waals surface area contributed by atoms with Crippen molar-refractivity contribution in [2.75, 3.05) is 12.0 Å². The number of amides is 2. The molecule has 1 aliphatic rings. The van der Waals surface area contributed by atoms with E-state index in [0.717, 1.165) is 11.1 Å². The normalized spacial score (nSPS) is 15.8. The van der Waals surface area contributed by atoms with Gasteiger partial charge in [0.05, 0.1) is 24.4 Å². The number of hydrogen-bond acceptors (Lipinski definition) is 5. The number of anilines is 1. The van der Waals surface area contributed by atoms with Crippen molar-refractivity contribution >= 4 is 17.3 Å². The van der Waals surface area contributed by atoms with Gasteiger partial charge in [-0.1, -0.05) is 35.0 Å². The van der Waals surface area contributed by atoms with Gasteiger partial charge < -0.3 is 14.6 Å². The Morgan fingerprint density at radius 1 is 1.00 bits per heavy atom. The maximum absolute atomic E-state index is 14.3. The Bertz CT molecular complexity index is 1460. The third-order valence-electron chi connectivity index (χ3n) is 6.05. The number of nitrogens with one attached hydrogen (secondary N) is 1. The number of ether oxygens (including phenoxy) is 1. The van der Waals surface area contributed by atoms with Crippen LogP contribution >= 0.6 is 0 Å². The number of urea groups is 1. The number of aromatic nitrogens is 2. The topological polar surface area (TPSA) is 80.5 Å². The number of hydrogen-bond donors (Lipinski definition) is 1. The summed E-state index contributed by atoms with van der Waals surface area (Å²) in [5, 5.41) is 7.05. The summed E-state index contributed by atoms with van der Waals surface area (Å²) >= 11 is 0. The van der Waals surface area contributed by atoms with Crippen LogP contribution in [-0.2, 0) is 0 Å². The number of rotatable bonds is 5. The van der Waals surface area contributed by atoms with Crippen molar-refractivity contribution in [3.05, 3.63) is 101 Å². The highest BCUT2D eigenvalue weighted by Crippen LogP contribution is 2.39. The summed E-state index contributed by atoms with van der Waals surface area (Å²) < 4.78 is 38.4. The van der Waals surface area contributed by atoms with E-state index >= 15 is 0 Å². The van der Waals surface area contributed by atoms with E-state index in [1.54, 1.807) is 13.0 Å². The quantitative estimate of drug-likeness (QED) is 0.371. The maximum Gasteiger partial charge on any atom is 0.326 e. The average molecular weight is 488 g/mol. The first-order valence-electron chi connectivity index (χ1n) is 11.2. The van der Waals surface area contributed by atoms with Crippen molar-refractivity contribution in [2.24, 2.45) is 0 Å². The molecule has 0 bridgehead atoms. The van der Waals surface area contributed by atoms with E-state index in [9.17, 15) is 13.6 Å². The highest BCUT2D eigenvalue weighted by molar-refractivity contribution is 6.01. The van der Waals surface area contributed by atoms with Crippen LogP contribution in [0.3, 0.4) is 0 Å². The van der Waals surface area contributed by atoms with Crippen molar-refractivity contribution < 1.29 is 22.8 Å². The predicted molar refractivity (Wildman–Crippen MR) is 130 cm³/mol. The minimum absolute atomic E-state index is 0.102. The van der Waals surface area contributed by atoms with Crippen LogP contribution in [0.1, 0.15) is 30.0 Å². The monoisotopic (exact) mass is 488 g/mol. The minimum atomic E-state index is -0.587. The number of halogens is 2. The summed E-state index contributed by atoms with van der Waals surface area (Å²) in [5.41, 5.74) is 3.87. The molecule has 1 atom stereocenters. The molecule has 182 valence electrons. The van der Waals surface area contributed by atoms with Crippen molar-refractivity contribution in [3.63, 3.8) is 0 Å². The molecule has 0 aliphatic carbocycles. The number of benzene rings is 3. The second kappa shape index (κ2) is 9.26. The molecule has 1 aliphatic heterocycles. The lowest BCUT2D eigenvalue weighted by atomic mass is 9.94. The number of nitrogens with zero attached hydrogens (tertiary/aromatic N) is 3. The van der Waals surface area contributed by atoms with Gasteiger partial charge in [-0.2, -0.15) is 4.98 Å². The lowest BCUT2D eigenvalue weighted by Gasteiger charge is -2.35. The summed E-state index contributed by atoms with van der Waals surface area (Å²) in [6.07, 6.45) is 0. The van der Waals surface area contributed by atoms with Gasteiger partial charge >= 0.3 is 6.03 Å². The lowest BCUT2D eigenvalue weighted by molar-refractivity contribution is 0.244. The molecule has 4 aromatic rings. The molecule has 5 rings (SSSR count). The van der Waals surface area contributed by atoms with Gasteiger partial charge in [-0.25, -0.2) is 13.6 Å². The Kier molecular flexibility index (Phi) is 5.97. The van der Waals surface area contributed by atoms with Crippen molar-refractivity contribution in [3.8, 4) is 17.1 Å². The summed E-state index contributed by atoms with van der Waals surface area (Å²) in [6, 6.07) is 16.7. The molecule has 2 heterocycles. The molecule has 9 heteroatoms. The molecule has 3 aromatic carbocycles. The van der Waals surface area contributed by atoms with E-state index in [0.29, 0.717) is 22.5 Å². The standard InChI is InChI=1S/C27H22F2N4O3/c1-15-4-6-17(7-5-15)24-23(16(2)33(27(34)30-24)20-11-9-19(28)10-12-20)26-31-25(32-36-26)18-8-13-22(35-3)21(29)14-18/h4-14,24H,1-3H3,(H,30,34). The second-order valence-corrected chi connectivity index (χ2v) is 8.38. The zero-order valence-electron chi connectivity index (χ0n) is 19.8. The van der Waals surface area contributed by atoms with Crippen molar-refractivity contribution in [2.45, 2.75) is 19.9 Å². The number of allylic oxidation sites excluding steroid dienone is 1. The highest BCUT2D eigenvalue weighted by atomic mass is 19.1. The summed E-state index contributed by atoms with van der Waals surface area (Å²) in [4.78, 5) is 19.2. The molecule has 36 heavy (non-hydrogen) atoms. The molecule has 1 aromatic heterocycles. The Morgan fingerprint density at radius 2 is 1.72 bits per heavy atom. The fourth-order valence-corrected chi connectivity index (χ4v) is 4.19. The Labute approximate surface area is 206 Å². The first kappa shape index (κ1) is 23.2. The summed E-state index contributed by atoms with van der Waals surface area (Å²) in [6.45, 7) is 3.73. The third kappa shape index (κ3) is 4.19. The Morgan fingerprint density at radius 3 is 2.39 bits per heavy atom. The van der Waals surface area contributed by atoms with Crippen LogP contribution in [0.4, 0.5) is 19.3 Å². The van der Waals surface area contributed by atoms with Gasteiger partial charge in [0.25, 0.3) is 5.89 Å². The average Bonchev–Trinajstić information content (AvgIpc) is 3.35. The van der Waals surface area contributed by atoms with Crippen LogP contribution in [0, 0.1) is 18.6 Å². The first-order valence-corrected chi connectivity index (χ1v) is 11.2. The number of carbonyl (C=O) groups excluding carboxylic acids is 1. The van der Waals surface area contributed by atoms with E-state index in [4.69, 9.17) is 9.26 Å². The molecular weight excluding hydrogens is 466 g/mol. The number of methoxy groups -OCH3 is 1. The first-order chi connectivity index (χ1) is 17.4. The van der Waals surface area contributed by atoms with Crippen LogP contribution < -0.4 is 15.0 Å². The molecule has 0 saturated heterocycles. The largest absolute Gasteiger partial charge is 0.494 e. The van der Waals surface area contributed by atoms with Crippen molar-refractivity contribution in [1.29, 1.82) is 0 Å². The smallest absolute Gasteiger partial charge is 0.326 e. The van der Waals surface area contributed by atoms with Gasteiger partial charge in [-0.3, -0.25) is 4.90 Å². The van der Waals surface area contributed by atoms with Crippen LogP contribution in [0.2, 0.25) is 0 Å². The van der Waals surface area contributed by atoms with E-state index < -0.39 is 17.7 Å². The molecule has 1 unspecified atom stereocenters. The van der Waals surface area contributed by atoms with Crippen LogP contribution in [-0.4, -0.2) is 23.3 Å². The van der Waals surface area contributed by atoms with Gasteiger partial charge in [-0.05, 0) is 61.9 Å². The molecule has 0 spiro atoms. The SMILES string of the molecule is COc1ccc(-c2noc(C3=C(C)N(c4ccc(F)cc4)C(=O)NC3c3ccc(C)cc3)n2)cc1F. The van der Waals surface area contributed by atoms with Crippen LogP contribution in [0.5, 0.6) is 5.75 Å². The van der Waals surface area contributed by atoms with Gasteiger partial charge in [0.2, 0.25) is 5.82 Å². The van der Waals surface area contributed by atoms with Crippen LogP contribution in [0.15, 0.2) is 77.0 Å². The Hall–Kier alpha value is -4.53. The summed E-state index contributed by atoms with van der Waals surface area (Å²) in [5.74, 6) is -0.521. The van der Waals surface area contributed by atoms with Crippen molar-refractivity contribution in [1.82, 2.24) is 15.5 Å². The van der Waals surface area contributed by atoms with Gasteiger partial charge in [0.15, 0.2) is 11.6 Å². The van der Waals surface area contributed by atoms with Gasteiger partial charge in [0.1, 0.15) is 5.82 Å².